The predicted molar refractivity (Wildman–Crippen MR) is 71.4 cm³/mol. The number of benzene rings is 1. The number of aryl methyl sites for hydroxylation is 1. The van der Waals surface area contributed by atoms with Crippen LogP contribution in [0.2, 0.25) is 0 Å². The van der Waals surface area contributed by atoms with Crippen molar-refractivity contribution in [1.29, 1.82) is 0 Å². The summed E-state index contributed by atoms with van der Waals surface area (Å²) < 4.78 is 10.4. The normalized spacial score (nSPS) is 13.7. The quantitative estimate of drug-likeness (QED) is 0.704. The molecule has 6 nitrogen and oxygen atoms in total. The van der Waals surface area contributed by atoms with Crippen LogP contribution in [0.25, 0.3) is 0 Å². The van der Waals surface area contributed by atoms with Gasteiger partial charge in [-0.1, -0.05) is 0 Å². The van der Waals surface area contributed by atoms with Gasteiger partial charge in [0, 0.05) is 17.7 Å². The molecule has 1 aromatic rings. The Morgan fingerprint density at radius 2 is 1.95 bits per heavy atom. The molecular formula is C13H20N2O4. The first kappa shape index (κ1) is 15.3. The van der Waals surface area contributed by atoms with E-state index in [-0.39, 0.29) is 6.42 Å². The molecule has 0 bridgehead atoms. The van der Waals surface area contributed by atoms with Gasteiger partial charge in [0.05, 0.1) is 14.2 Å². The third kappa shape index (κ3) is 3.59. The molecule has 106 valence electrons. The number of carbonyl (C=O) groups is 1. The van der Waals surface area contributed by atoms with Crippen molar-refractivity contribution in [2.45, 2.75) is 25.4 Å². The van der Waals surface area contributed by atoms with Crippen molar-refractivity contribution in [2.75, 3.05) is 14.2 Å². The molecule has 0 saturated heterocycles. The molecule has 2 unspecified atom stereocenters. The molecule has 1 rings (SSSR count). The lowest BCUT2D eigenvalue weighted by Gasteiger charge is -2.20. The van der Waals surface area contributed by atoms with Crippen molar-refractivity contribution in [3.8, 4) is 11.5 Å². The molecule has 0 heterocycles. The predicted octanol–water partition coefficient (Wildman–Crippen LogP) is 0.814. The molecule has 0 amide bonds. The van der Waals surface area contributed by atoms with Crippen LogP contribution in [0.5, 0.6) is 11.5 Å². The molecule has 0 radical (unpaired) electrons. The Morgan fingerprint density at radius 3 is 2.42 bits per heavy atom. The van der Waals surface area contributed by atoms with Crippen LogP contribution >= 0.6 is 0 Å². The molecule has 6 heteroatoms. The first-order valence-electron chi connectivity index (χ1n) is 5.87. The molecule has 0 aliphatic carbocycles. The minimum atomic E-state index is -1.07. The lowest BCUT2D eigenvalue weighted by molar-refractivity contribution is -0.138. The van der Waals surface area contributed by atoms with E-state index in [2.05, 4.69) is 0 Å². The van der Waals surface area contributed by atoms with E-state index in [1.54, 1.807) is 13.2 Å². The van der Waals surface area contributed by atoms with Crippen molar-refractivity contribution in [1.82, 2.24) is 0 Å². The van der Waals surface area contributed by atoms with Crippen LogP contribution in [-0.4, -0.2) is 31.3 Å². The summed E-state index contributed by atoms with van der Waals surface area (Å²) in [6.07, 6.45) is 0.138. The van der Waals surface area contributed by atoms with Gasteiger partial charge in [-0.15, -0.1) is 0 Å². The molecule has 5 N–H and O–H groups in total. The highest BCUT2D eigenvalue weighted by Gasteiger charge is 2.22. The summed E-state index contributed by atoms with van der Waals surface area (Å²) in [5.74, 6) is 0.162. The zero-order valence-electron chi connectivity index (χ0n) is 11.3. The summed E-state index contributed by atoms with van der Waals surface area (Å²) in [7, 11) is 3.09. The SMILES string of the molecule is COc1cc(C)c(C(N)CC(N)C(=O)O)c(OC)c1. The van der Waals surface area contributed by atoms with Gasteiger partial charge in [-0.2, -0.15) is 0 Å². The molecule has 0 fully saturated rings. The van der Waals surface area contributed by atoms with Crippen molar-refractivity contribution >= 4 is 5.97 Å². The number of hydrogen-bond acceptors (Lipinski definition) is 5. The Morgan fingerprint density at radius 1 is 1.32 bits per heavy atom. The summed E-state index contributed by atoms with van der Waals surface area (Å²) >= 11 is 0. The van der Waals surface area contributed by atoms with E-state index >= 15 is 0 Å². The van der Waals surface area contributed by atoms with E-state index in [1.807, 2.05) is 13.0 Å². The van der Waals surface area contributed by atoms with Gasteiger partial charge in [0.25, 0.3) is 0 Å². The second-order valence-corrected chi connectivity index (χ2v) is 4.35. The summed E-state index contributed by atoms with van der Waals surface area (Å²) in [6, 6.07) is 2.03. The maximum atomic E-state index is 10.8. The molecule has 0 spiro atoms. The number of nitrogens with two attached hydrogens (primary N) is 2. The van der Waals surface area contributed by atoms with Gasteiger partial charge in [0.2, 0.25) is 0 Å². The monoisotopic (exact) mass is 268 g/mol. The van der Waals surface area contributed by atoms with Crippen LogP contribution in [0.15, 0.2) is 12.1 Å². The van der Waals surface area contributed by atoms with Crippen LogP contribution in [-0.2, 0) is 4.79 Å². The Balaban J connectivity index is 3.08. The summed E-state index contributed by atoms with van der Waals surface area (Å²) in [4.78, 5) is 10.8. The van der Waals surface area contributed by atoms with Crippen LogP contribution in [0.3, 0.4) is 0 Å². The molecule has 0 aromatic heterocycles. The molecule has 1 aromatic carbocycles. The van der Waals surface area contributed by atoms with Crippen molar-refractivity contribution in [3.05, 3.63) is 23.3 Å². The van der Waals surface area contributed by atoms with Crippen molar-refractivity contribution in [2.24, 2.45) is 11.5 Å². The fourth-order valence-electron chi connectivity index (χ4n) is 1.99. The number of hydrogen-bond donors (Lipinski definition) is 3. The van der Waals surface area contributed by atoms with Crippen LogP contribution in [0.4, 0.5) is 0 Å². The van der Waals surface area contributed by atoms with Gasteiger partial charge in [0.1, 0.15) is 17.5 Å². The number of methoxy groups -OCH3 is 2. The first-order valence-corrected chi connectivity index (χ1v) is 5.87. The van der Waals surface area contributed by atoms with Gasteiger partial charge >= 0.3 is 5.97 Å². The second-order valence-electron chi connectivity index (χ2n) is 4.35. The molecule has 2 atom stereocenters. The maximum Gasteiger partial charge on any atom is 0.320 e. The third-order valence-electron chi connectivity index (χ3n) is 2.97. The van der Waals surface area contributed by atoms with Crippen LogP contribution in [0, 0.1) is 6.92 Å². The molecular weight excluding hydrogens is 248 g/mol. The molecule has 0 aliphatic rings. The highest BCUT2D eigenvalue weighted by atomic mass is 16.5. The number of carboxylic acid groups (broad SMARTS) is 1. The topological polar surface area (TPSA) is 108 Å². The molecule has 0 saturated carbocycles. The third-order valence-corrected chi connectivity index (χ3v) is 2.97. The second kappa shape index (κ2) is 6.40. The minimum absolute atomic E-state index is 0.138. The summed E-state index contributed by atoms with van der Waals surface area (Å²) in [5.41, 5.74) is 13.2. The van der Waals surface area contributed by atoms with E-state index in [4.69, 9.17) is 26.0 Å². The first-order chi connectivity index (χ1) is 8.90. The average Bonchev–Trinajstić information content (AvgIpc) is 2.36. The average molecular weight is 268 g/mol. The molecule has 0 aliphatic heterocycles. The van der Waals surface area contributed by atoms with Crippen LogP contribution in [0.1, 0.15) is 23.6 Å². The van der Waals surface area contributed by atoms with Gasteiger partial charge < -0.3 is 26.0 Å². The van der Waals surface area contributed by atoms with E-state index in [0.717, 1.165) is 11.1 Å². The van der Waals surface area contributed by atoms with Gasteiger partial charge in [-0.25, -0.2) is 0 Å². The highest BCUT2D eigenvalue weighted by molar-refractivity contribution is 5.73. The lowest BCUT2D eigenvalue weighted by Crippen LogP contribution is -2.34. The van der Waals surface area contributed by atoms with Gasteiger partial charge in [0.15, 0.2) is 0 Å². The van der Waals surface area contributed by atoms with E-state index in [1.165, 1.54) is 7.11 Å². The number of rotatable bonds is 6. The number of aliphatic carboxylic acids is 1. The summed E-state index contributed by atoms with van der Waals surface area (Å²) in [5, 5.41) is 8.82. The largest absolute Gasteiger partial charge is 0.497 e. The Kier molecular flexibility index (Phi) is 5.14. The number of ether oxygens (including phenoxy) is 2. The lowest BCUT2D eigenvalue weighted by atomic mass is 9.95. The maximum absolute atomic E-state index is 10.8. The fourth-order valence-corrected chi connectivity index (χ4v) is 1.99. The number of carboxylic acids is 1. The zero-order valence-corrected chi connectivity index (χ0v) is 11.3. The van der Waals surface area contributed by atoms with E-state index in [9.17, 15) is 4.79 Å². The Hall–Kier alpha value is -1.79. The standard InChI is InChI=1S/C13H20N2O4/c1-7-4-8(18-2)5-11(19-3)12(7)9(14)6-10(15)13(16)17/h4-5,9-10H,6,14-15H2,1-3H3,(H,16,17). The minimum Gasteiger partial charge on any atom is -0.497 e. The van der Waals surface area contributed by atoms with E-state index in [0.29, 0.717) is 11.5 Å². The highest BCUT2D eigenvalue weighted by Crippen LogP contribution is 2.33. The van der Waals surface area contributed by atoms with E-state index < -0.39 is 18.1 Å². The summed E-state index contributed by atoms with van der Waals surface area (Å²) in [6.45, 7) is 1.87. The fraction of sp³-hybridized carbons (Fsp3) is 0.462. The Bertz CT molecular complexity index is 462. The van der Waals surface area contributed by atoms with Crippen LogP contribution < -0.4 is 20.9 Å². The van der Waals surface area contributed by atoms with Crippen molar-refractivity contribution < 1.29 is 19.4 Å². The van der Waals surface area contributed by atoms with Gasteiger partial charge in [-0.05, 0) is 25.0 Å². The smallest absolute Gasteiger partial charge is 0.320 e. The zero-order chi connectivity index (χ0) is 14.6. The molecule has 19 heavy (non-hydrogen) atoms. The van der Waals surface area contributed by atoms with Crippen molar-refractivity contribution in [3.63, 3.8) is 0 Å². The Labute approximate surface area is 112 Å². The van der Waals surface area contributed by atoms with Gasteiger partial charge in [-0.3, -0.25) is 4.79 Å².